The summed E-state index contributed by atoms with van der Waals surface area (Å²) in [4.78, 5) is 21.6. The molecule has 0 aliphatic carbocycles. The van der Waals surface area contributed by atoms with Crippen LogP contribution in [-0.2, 0) is 6.42 Å². The predicted octanol–water partition coefficient (Wildman–Crippen LogP) is 0.983. The van der Waals surface area contributed by atoms with Gasteiger partial charge in [-0.15, -0.1) is 0 Å². The molecule has 0 radical (unpaired) electrons. The van der Waals surface area contributed by atoms with Gasteiger partial charge in [-0.1, -0.05) is 6.07 Å². The van der Waals surface area contributed by atoms with Crippen molar-refractivity contribution in [3.8, 4) is 5.88 Å². The molecule has 0 atom stereocenters. The van der Waals surface area contributed by atoms with Crippen LogP contribution in [0.5, 0.6) is 5.88 Å². The van der Waals surface area contributed by atoms with Gasteiger partial charge in [0.25, 0.3) is 5.88 Å². The van der Waals surface area contributed by atoms with Crippen LogP contribution in [0.4, 0.5) is 11.5 Å². The van der Waals surface area contributed by atoms with Gasteiger partial charge in [-0.25, -0.2) is 4.98 Å². The van der Waals surface area contributed by atoms with E-state index in [0.29, 0.717) is 6.42 Å². The molecule has 2 aromatic rings. The van der Waals surface area contributed by atoms with E-state index in [0.717, 1.165) is 12.0 Å². The highest BCUT2D eigenvalue weighted by molar-refractivity contribution is 5.57. The van der Waals surface area contributed by atoms with Crippen LogP contribution in [0, 0.1) is 10.1 Å². The summed E-state index contributed by atoms with van der Waals surface area (Å²) in [6, 6.07) is 5.50. The molecule has 0 spiro atoms. The summed E-state index contributed by atoms with van der Waals surface area (Å²) >= 11 is 0. The van der Waals surface area contributed by atoms with Crippen molar-refractivity contribution in [1.29, 1.82) is 0 Å². The van der Waals surface area contributed by atoms with Crippen LogP contribution in [0.25, 0.3) is 0 Å². The number of nitro groups is 1. The average molecular weight is 261 g/mol. The Bertz CT molecular complexity index is 576. The number of pyridine rings is 1. The molecule has 0 aliphatic rings. The maximum absolute atomic E-state index is 10.8. The van der Waals surface area contributed by atoms with Gasteiger partial charge in [0.05, 0.1) is 11.5 Å². The molecular formula is C11H11N5O3. The molecule has 2 heterocycles. The summed E-state index contributed by atoms with van der Waals surface area (Å²) in [5.74, 6) is -0.346. The number of hydrogen-bond acceptors (Lipinski definition) is 7. The van der Waals surface area contributed by atoms with Crippen molar-refractivity contribution in [2.75, 3.05) is 12.3 Å². The van der Waals surface area contributed by atoms with Gasteiger partial charge in [-0.05, 0) is 12.1 Å². The maximum Gasteiger partial charge on any atom is 0.372 e. The fourth-order valence-electron chi connectivity index (χ4n) is 1.45. The van der Waals surface area contributed by atoms with Gasteiger partial charge < -0.3 is 10.5 Å². The molecule has 0 unspecified atom stereocenters. The number of nitrogens with zero attached hydrogens (tertiary/aromatic N) is 4. The highest BCUT2D eigenvalue weighted by Gasteiger charge is 2.22. The second kappa shape index (κ2) is 5.71. The number of aromatic nitrogens is 3. The van der Waals surface area contributed by atoms with Gasteiger partial charge in [0.2, 0.25) is 5.82 Å². The Hall–Kier alpha value is -2.77. The summed E-state index contributed by atoms with van der Waals surface area (Å²) in [5, 5.41) is 10.8. The van der Waals surface area contributed by atoms with E-state index in [-0.39, 0.29) is 18.3 Å². The monoisotopic (exact) mass is 261 g/mol. The van der Waals surface area contributed by atoms with Crippen molar-refractivity contribution in [3.05, 3.63) is 46.5 Å². The van der Waals surface area contributed by atoms with Gasteiger partial charge >= 0.3 is 5.69 Å². The molecule has 19 heavy (non-hydrogen) atoms. The zero-order valence-corrected chi connectivity index (χ0v) is 9.89. The summed E-state index contributed by atoms with van der Waals surface area (Å²) in [6.45, 7) is 0.217. The van der Waals surface area contributed by atoms with E-state index in [1.807, 2.05) is 12.1 Å². The molecule has 0 saturated carbocycles. The minimum Gasteiger partial charge on any atom is -0.472 e. The molecular weight excluding hydrogens is 250 g/mol. The maximum atomic E-state index is 10.8. The first-order valence-corrected chi connectivity index (χ1v) is 5.46. The second-order valence-electron chi connectivity index (χ2n) is 3.59. The Balaban J connectivity index is 2.04. The lowest BCUT2D eigenvalue weighted by atomic mass is 10.3. The molecule has 0 saturated heterocycles. The summed E-state index contributed by atoms with van der Waals surface area (Å²) in [6.07, 6.45) is 3.31. The van der Waals surface area contributed by atoms with Crippen molar-refractivity contribution in [3.63, 3.8) is 0 Å². The smallest absolute Gasteiger partial charge is 0.372 e. The third-order valence-corrected chi connectivity index (χ3v) is 2.32. The molecule has 8 nitrogen and oxygen atoms in total. The molecule has 8 heteroatoms. The summed E-state index contributed by atoms with van der Waals surface area (Å²) in [5.41, 5.74) is 5.83. The Morgan fingerprint density at radius 1 is 1.32 bits per heavy atom. The highest BCUT2D eigenvalue weighted by atomic mass is 16.6. The fraction of sp³-hybridized carbons (Fsp3) is 0.182. The molecule has 2 aromatic heterocycles. The molecule has 0 aliphatic heterocycles. The van der Waals surface area contributed by atoms with Gasteiger partial charge in [0.1, 0.15) is 6.33 Å². The van der Waals surface area contributed by atoms with Gasteiger partial charge in [-0.2, -0.15) is 4.98 Å². The lowest BCUT2D eigenvalue weighted by Crippen LogP contribution is -2.08. The first-order valence-electron chi connectivity index (χ1n) is 5.46. The standard InChI is InChI=1S/C11H11N5O3/c12-10-9(16(17)18)11(15-7-14-10)19-6-4-8-3-1-2-5-13-8/h1-3,5,7H,4,6H2,(H2,12,14,15). The minimum atomic E-state index is -0.661. The number of rotatable bonds is 5. The molecule has 2 N–H and O–H groups in total. The summed E-state index contributed by atoms with van der Waals surface area (Å²) in [7, 11) is 0. The van der Waals surface area contributed by atoms with Crippen LogP contribution in [0.15, 0.2) is 30.7 Å². The Labute approximate surface area is 108 Å². The molecule has 98 valence electrons. The third-order valence-electron chi connectivity index (χ3n) is 2.32. The summed E-state index contributed by atoms with van der Waals surface area (Å²) < 4.78 is 5.27. The first-order chi connectivity index (χ1) is 9.18. The molecule has 0 fully saturated rings. The fourth-order valence-corrected chi connectivity index (χ4v) is 1.45. The Morgan fingerprint density at radius 3 is 2.84 bits per heavy atom. The van der Waals surface area contributed by atoms with E-state index in [1.165, 1.54) is 0 Å². The lowest BCUT2D eigenvalue weighted by molar-refractivity contribution is -0.385. The zero-order valence-electron chi connectivity index (χ0n) is 9.89. The molecule has 0 amide bonds. The van der Waals surface area contributed by atoms with E-state index in [9.17, 15) is 10.1 Å². The average Bonchev–Trinajstić information content (AvgIpc) is 2.39. The second-order valence-corrected chi connectivity index (χ2v) is 3.59. The van der Waals surface area contributed by atoms with Crippen molar-refractivity contribution in [1.82, 2.24) is 15.0 Å². The van der Waals surface area contributed by atoms with Gasteiger partial charge in [0, 0.05) is 18.3 Å². The molecule has 2 rings (SSSR count). The number of nitrogen functional groups attached to an aromatic ring is 1. The zero-order chi connectivity index (χ0) is 13.7. The van der Waals surface area contributed by atoms with E-state index < -0.39 is 10.6 Å². The van der Waals surface area contributed by atoms with Crippen LogP contribution in [0.3, 0.4) is 0 Å². The van der Waals surface area contributed by atoms with E-state index >= 15 is 0 Å². The Kier molecular flexibility index (Phi) is 3.81. The van der Waals surface area contributed by atoms with Crippen LogP contribution in [-0.4, -0.2) is 26.5 Å². The lowest BCUT2D eigenvalue weighted by Gasteiger charge is -2.05. The first kappa shape index (κ1) is 12.7. The van der Waals surface area contributed by atoms with Crippen molar-refractivity contribution < 1.29 is 9.66 Å². The topological polar surface area (TPSA) is 117 Å². The van der Waals surface area contributed by atoms with E-state index in [4.69, 9.17) is 10.5 Å². The van der Waals surface area contributed by atoms with Crippen molar-refractivity contribution >= 4 is 11.5 Å². The highest BCUT2D eigenvalue weighted by Crippen LogP contribution is 2.28. The van der Waals surface area contributed by atoms with Crippen molar-refractivity contribution in [2.45, 2.75) is 6.42 Å². The Morgan fingerprint density at radius 2 is 2.16 bits per heavy atom. The molecule has 0 aromatic carbocycles. The number of anilines is 1. The normalized spacial score (nSPS) is 10.1. The number of nitrogens with two attached hydrogens (primary N) is 1. The van der Waals surface area contributed by atoms with Gasteiger partial charge in [0.15, 0.2) is 0 Å². The van der Waals surface area contributed by atoms with Crippen LogP contribution >= 0.6 is 0 Å². The molecule has 0 bridgehead atoms. The minimum absolute atomic E-state index is 0.131. The van der Waals surface area contributed by atoms with Crippen LogP contribution in [0.2, 0.25) is 0 Å². The quantitative estimate of drug-likeness (QED) is 0.629. The van der Waals surface area contributed by atoms with Crippen LogP contribution in [0.1, 0.15) is 5.69 Å². The predicted molar refractivity (Wildman–Crippen MR) is 66.5 cm³/mol. The van der Waals surface area contributed by atoms with Gasteiger partial charge in [-0.3, -0.25) is 15.1 Å². The number of hydrogen-bond donors (Lipinski definition) is 1. The van der Waals surface area contributed by atoms with Crippen LogP contribution < -0.4 is 10.5 Å². The number of ether oxygens (including phenoxy) is 1. The third kappa shape index (κ3) is 3.12. The van der Waals surface area contributed by atoms with E-state index in [1.54, 1.807) is 12.3 Å². The SMILES string of the molecule is Nc1ncnc(OCCc2ccccn2)c1[N+](=O)[O-]. The largest absolute Gasteiger partial charge is 0.472 e. The van der Waals surface area contributed by atoms with E-state index in [2.05, 4.69) is 15.0 Å². The van der Waals surface area contributed by atoms with Crippen molar-refractivity contribution in [2.24, 2.45) is 0 Å².